The highest BCUT2D eigenvalue weighted by molar-refractivity contribution is 6.33. The van der Waals surface area contributed by atoms with Crippen molar-refractivity contribution in [3.63, 3.8) is 0 Å². The molecule has 0 aliphatic heterocycles. The summed E-state index contributed by atoms with van der Waals surface area (Å²) in [6.07, 6.45) is 1.04. The lowest BCUT2D eigenvalue weighted by molar-refractivity contribution is 0.379. The predicted molar refractivity (Wildman–Crippen MR) is 109 cm³/mol. The van der Waals surface area contributed by atoms with Crippen molar-refractivity contribution in [2.45, 2.75) is 26.8 Å². The summed E-state index contributed by atoms with van der Waals surface area (Å²) in [7, 11) is 1.53. The first kappa shape index (κ1) is 19.3. The molecule has 27 heavy (non-hydrogen) atoms. The van der Waals surface area contributed by atoms with E-state index in [-0.39, 0.29) is 6.01 Å². The van der Waals surface area contributed by atoms with Crippen LogP contribution in [0.15, 0.2) is 42.5 Å². The molecule has 0 saturated heterocycles. The van der Waals surface area contributed by atoms with Crippen molar-refractivity contribution >= 4 is 11.6 Å². The van der Waals surface area contributed by atoms with Gasteiger partial charge in [0.1, 0.15) is 0 Å². The number of rotatable bonds is 6. The molecular formula is C21H23ClN4O. The molecule has 6 heteroatoms. The highest BCUT2D eigenvalue weighted by atomic mass is 35.5. The van der Waals surface area contributed by atoms with E-state index in [0.29, 0.717) is 34.7 Å². The zero-order valence-electron chi connectivity index (χ0n) is 15.7. The lowest BCUT2D eigenvalue weighted by atomic mass is 10.0. The molecule has 5 nitrogen and oxygen atoms in total. The van der Waals surface area contributed by atoms with Gasteiger partial charge in [-0.1, -0.05) is 55.8 Å². The normalized spacial score (nSPS) is 11.0. The Kier molecular flexibility index (Phi) is 6.04. The van der Waals surface area contributed by atoms with Gasteiger partial charge in [-0.05, 0) is 35.6 Å². The number of aromatic nitrogens is 3. The number of hydrogen-bond donors (Lipinski definition) is 1. The van der Waals surface area contributed by atoms with Crippen molar-refractivity contribution in [1.29, 1.82) is 0 Å². The standard InChI is InChI=1S/C21H23ClN4O/c1-13(2)10-14-4-7-16(8-5-14)19-24-20(26-21(25-19)27-3)17-11-15(12-23)6-9-18(17)22/h4-9,11,13H,10,12,23H2,1-3H3. The monoisotopic (exact) mass is 382 g/mol. The molecule has 0 radical (unpaired) electrons. The second kappa shape index (κ2) is 8.46. The van der Waals surface area contributed by atoms with Crippen LogP contribution in [0.2, 0.25) is 5.02 Å². The van der Waals surface area contributed by atoms with Crippen LogP contribution in [0, 0.1) is 5.92 Å². The van der Waals surface area contributed by atoms with Crippen LogP contribution < -0.4 is 10.5 Å². The number of methoxy groups -OCH3 is 1. The van der Waals surface area contributed by atoms with Crippen LogP contribution >= 0.6 is 11.6 Å². The Hall–Kier alpha value is -2.50. The topological polar surface area (TPSA) is 73.9 Å². The Balaban J connectivity index is 2.04. The van der Waals surface area contributed by atoms with Gasteiger partial charge in [-0.3, -0.25) is 0 Å². The largest absolute Gasteiger partial charge is 0.467 e. The highest BCUT2D eigenvalue weighted by Crippen LogP contribution is 2.29. The smallest absolute Gasteiger partial charge is 0.320 e. The first-order chi connectivity index (χ1) is 13.0. The highest BCUT2D eigenvalue weighted by Gasteiger charge is 2.14. The van der Waals surface area contributed by atoms with Crippen molar-refractivity contribution in [1.82, 2.24) is 15.0 Å². The second-order valence-corrected chi connectivity index (χ2v) is 7.19. The minimum absolute atomic E-state index is 0.246. The first-order valence-electron chi connectivity index (χ1n) is 8.88. The van der Waals surface area contributed by atoms with Gasteiger partial charge in [0, 0.05) is 17.7 Å². The fourth-order valence-corrected chi connectivity index (χ4v) is 3.03. The quantitative estimate of drug-likeness (QED) is 0.678. The molecule has 0 bridgehead atoms. The number of hydrogen-bond acceptors (Lipinski definition) is 5. The van der Waals surface area contributed by atoms with E-state index in [2.05, 4.69) is 40.9 Å². The Morgan fingerprint density at radius 3 is 2.26 bits per heavy atom. The van der Waals surface area contributed by atoms with E-state index in [1.54, 1.807) is 6.07 Å². The molecule has 0 fully saturated rings. The minimum atomic E-state index is 0.246. The Labute approximate surface area is 164 Å². The summed E-state index contributed by atoms with van der Waals surface area (Å²) in [5, 5.41) is 0.554. The van der Waals surface area contributed by atoms with Gasteiger partial charge in [0.25, 0.3) is 0 Å². The van der Waals surface area contributed by atoms with Crippen molar-refractivity contribution in [2.75, 3.05) is 7.11 Å². The maximum Gasteiger partial charge on any atom is 0.320 e. The SMILES string of the molecule is COc1nc(-c2ccc(CC(C)C)cc2)nc(-c2cc(CN)ccc2Cl)n1. The van der Waals surface area contributed by atoms with Crippen molar-refractivity contribution < 1.29 is 4.74 Å². The van der Waals surface area contributed by atoms with Gasteiger partial charge < -0.3 is 10.5 Å². The van der Waals surface area contributed by atoms with Crippen LogP contribution in [0.1, 0.15) is 25.0 Å². The molecule has 3 aromatic rings. The third kappa shape index (κ3) is 4.62. The van der Waals surface area contributed by atoms with Gasteiger partial charge in [-0.25, -0.2) is 4.98 Å². The Morgan fingerprint density at radius 1 is 0.963 bits per heavy atom. The van der Waals surface area contributed by atoms with E-state index in [4.69, 9.17) is 22.1 Å². The van der Waals surface area contributed by atoms with Crippen molar-refractivity contribution in [2.24, 2.45) is 11.7 Å². The molecule has 0 unspecified atom stereocenters. The third-order valence-corrected chi connectivity index (χ3v) is 4.49. The van der Waals surface area contributed by atoms with E-state index in [0.717, 1.165) is 17.5 Å². The van der Waals surface area contributed by atoms with E-state index < -0.39 is 0 Å². The number of halogens is 1. The lowest BCUT2D eigenvalue weighted by Crippen LogP contribution is -2.02. The second-order valence-electron chi connectivity index (χ2n) is 6.78. The van der Waals surface area contributed by atoms with Crippen molar-refractivity contribution in [3.05, 3.63) is 58.6 Å². The third-order valence-electron chi connectivity index (χ3n) is 4.16. The van der Waals surface area contributed by atoms with Gasteiger partial charge in [-0.2, -0.15) is 9.97 Å². The molecular weight excluding hydrogens is 360 g/mol. The number of nitrogens with zero attached hydrogens (tertiary/aromatic N) is 3. The minimum Gasteiger partial charge on any atom is -0.467 e. The summed E-state index contributed by atoms with van der Waals surface area (Å²) in [4.78, 5) is 13.4. The molecule has 3 rings (SSSR count). The molecule has 0 atom stereocenters. The fraction of sp³-hybridized carbons (Fsp3) is 0.286. The van der Waals surface area contributed by atoms with Crippen LogP contribution in [0.5, 0.6) is 6.01 Å². The molecule has 0 spiro atoms. The molecule has 2 N–H and O–H groups in total. The molecule has 1 aromatic heterocycles. The molecule has 0 amide bonds. The number of benzene rings is 2. The van der Waals surface area contributed by atoms with E-state index in [1.807, 2.05) is 24.3 Å². The maximum absolute atomic E-state index is 6.37. The van der Waals surface area contributed by atoms with Gasteiger partial charge in [0.2, 0.25) is 0 Å². The molecule has 2 aromatic carbocycles. The average molecular weight is 383 g/mol. The Bertz CT molecular complexity index is 926. The summed E-state index contributed by atoms with van der Waals surface area (Å²) < 4.78 is 5.28. The summed E-state index contributed by atoms with van der Waals surface area (Å²) in [5.74, 6) is 1.61. The van der Waals surface area contributed by atoms with Gasteiger partial charge in [0.05, 0.1) is 12.1 Å². The fourth-order valence-electron chi connectivity index (χ4n) is 2.83. The molecule has 0 aliphatic carbocycles. The molecule has 0 aliphatic rings. The van der Waals surface area contributed by atoms with Crippen LogP contribution in [-0.2, 0) is 13.0 Å². The maximum atomic E-state index is 6.37. The van der Waals surface area contributed by atoms with Crippen LogP contribution in [0.3, 0.4) is 0 Å². The number of nitrogens with two attached hydrogens (primary N) is 1. The average Bonchev–Trinajstić information content (AvgIpc) is 2.68. The molecule has 140 valence electrons. The summed E-state index contributed by atoms with van der Waals surface area (Å²) >= 11 is 6.37. The van der Waals surface area contributed by atoms with Gasteiger partial charge in [0.15, 0.2) is 11.6 Å². The Morgan fingerprint density at radius 2 is 1.63 bits per heavy atom. The predicted octanol–water partition coefficient (Wildman–Crippen LogP) is 4.52. The summed E-state index contributed by atoms with van der Waals surface area (Å²) in [5.41, 5.74) is 9.59. The molecule has 0 saturated carbocycles. The van der Waals surface area contributed by atoms with Gasteiger partial charge in [-0.15, -0.1) is 0 Å². The summed E-state index contributed by atoms with van der Waals surface area (Å²) in [6, 6.07) is 14.1. The first-order valence-corrected chi connectivity index (χ1v) is 9.26. The van der Waals surface area contributed by atoms with Gasteiger partial charge >= 0.3 is 6.01 Å². The molecule has 1 heterocycles. The van der Waals surface area contributed by atoms with Crippen LogP contribution in [-0.4, -0.2) is 22.1 Å². The lowest BCUT2D eigenvalue weighted by Gasteiger charge is -2.10. The van der Waals surface area contributed by atoms with Crippen molar-refractivity contribution in [3.8, 4) is 28.8 Å². The zero-order chi connectivity index (χ0) is 19.4. The van der Waals surface area contributed by atoms with E-state index >= 15 is 0 Å². The van der Waals surface area contributed by atoms with Crippen LogP contribution in [0.25, 0.3) is 22.8 Å². The summed E-state index contributed by atoms with van der Waals surface area (Å²) in [6.45, 7) is 4.82. The number of ether oxygens (including phenoxy) is 1. The van der Waals surface area contributed by atoms with Crippen LogP contribution in [0.4, 0.5) is 0 Å². The van der Waals surface area contributed by atoms with E-state index in [9.17, 15) is 0 Å². The van der Waals surface area contributed by atoms with E-state index in [1.165, 1.54) is 12.7 Å². The zero-order valence-corrected chi connectivity index (χ0v) is 16.5.